The molecule has 132 valence electrons. The molecular weight excluding hydrogens is 322 g/mol. The minimum absolute atomic E-state index is 0.132. The third-order valence-electron chi connectivity index (χ3n) is 4.39. The molecule has 0 radical (unpaired) electrons. The minimum atomic E-state index is -0.933. The SMILES string of the molecule is CN1C(=O)CCC(N2C(=O)c3cccc(NC(C)(C)C)c3C2=O)C1=O. The Bertz CT molecular complexity index is 794. The lowest BCUT2D eigenvalue weighted by Gasteiger charge is -2.32. The molecule has 2 aliphatic heterocycles. The topological polar surface area (TPSA) is 86.8 Å². The van der Waals surface area contributed by atoms with Gasteiger partial charge in [0.25, 0.3) is 17.7 Å². The highest BCUT2D eigenvalue weighted by Crippen LogP contribution is 2.34. The van der Waals surface area contributed by atoms with Crippen LogP contribution < -0.4 is 5.32 Å². The number of hydrogen-bond acceptors (Lipinski definition) is 5. The van der Waals surface area contributed by atoms with E-state index in [9.17, 15) is 19.2 Å². The summed E-state index contributed by atoms with van der Waals surface area (Å²) < 4.78 is 0. The van der Waals surface area contributed by atoms with Crippen molar-refractivity contribution in [1.29, 1.82) is 0 Å². The molecule has 0 aliphatic carbocycles. The second-order valence-electron chi connectivity index (χ2n) is 7.43. The van der Waals surface area contributed by atoms with Crippen LogP contribution in [0.4, 0.5) is 5.69 Å². The van der Waals surface area contributed by atoms with E-state index >= 15 is 0 Å². The molecule has 1 aromatic rings. The fourth-order valence-corrected chi connectivity index (χ4v) is 3.23. The van der Waals surface area contributed by atoms with Gasteiger partial charge in [0.05, 0.1) is 11.1 Å². The maximum absolute atomic E-state index is 13.0. The van der Waals surface area contributed by atoms with E-state index in [0.29, 0.717) is 5.69 Å². The van der Waals surface area contributed by atoms with E-state index in [4.69, 9.17) is 0 Å². The average Bonchev–Trinajstić information content (AvgIpc) is 2.77. The number of piperidine rings is 1. The van der Waals surface area contributed by atoms with Crippen molar-refractivity contribution in [3.8, 4) is 0 Å². The van der Waals surface area contributed by atoms with Crippen LogP contribution in [0.5, 0.6) is 0 Å². The molecule has 1 fully saturated rings. The number of amides is 4. The summed E-state index contributed by atoms with van der Waals surface area (Å²) in [5, 5.41) is 3.23. The Hall–Kier alpha value is -2.70. The molecule has 2 aliphatic rings. The Morgan fingerprint density at radius 3 is 2.40 bits per heavy atom. The van der Waals surface area contributed by atoms with E-state index in [1.54, 1.807) is 18.2 Å². The van der Waals surface area contributed by atoms with Crippen molar-refractivity contribution in [2.45, 2.75) is 45.2 Å². The van der Waals surface area contributed by atoms with Gasteiger partial charge >= 0.3 is 0 Å². The predicted molar refractivity (Wildman–Crippen MR) is 91.1 cm³/mol. The van der Waals surface area contributed by atoms with Gasteiger partial charge in [0.15, 0.2) is 0 Å². The number of anilines is 1. The van der Waals surface area contributed by atoms with Crippen LogP contribution in [0.1, 0.15) is 54.3 Å². The van der Waals surface area contributed by atoms with Crippen molar-refractivity contribution in [2.75, 3.05) is 12.4 Å². The van der Waals surface area contributed by atoms with Crippen LogP contribution in [0, 0.1) is 0 Å². The van der Waals surface area contributed by atoms with E-state index in [0.717, 1.165) is 9.80 Å². The van der Waals surface area contributed by atoms with Gasteiger partial charge in [0, 0.05) is 24.7 Å². The summed E-state index contributed by atoms with van der Waals surface area (Å²) in [7, 11) is 1.38. The number of rotatable bonds is 2. The number of carbonyl (C=O) groups excluding carboxylic acids is 4. The van der Waals surface area contributed by atoms with Crippen molar-refractivity contribution in [1.82, 2.24) is 9.80 Å². The number of hydrogen-bond donors (Lipinski definition) is 1. The summed E-state index contributed by atoms with van der Waals surface area (Å²) in [6.07, 6.45) is 0.295. The molecule has 1 unspecified atom stereocenters. The number of nitrogens with zero attached hydrogens (tertiary/aromatic N) is 2. The van der Waals surface area contributed by atoms with Crippen molar-refractivity contribution in [3.63, 3.8) is 0 Å². The molecule has 7 heteroatoms. The van der Waals surface area contributed by atoms with Crippen molar-refractivity contribution >= 4 is 29.3 Å². The van der Waals surface area contributed by atoms with E-state index in [1.807, 2.05) is 20.8 Å². The van der Waals surface area contributed by atoms with Gasteiger partial charge in [-0.05, 0) is 39.3 Å². The maximum Gasteiger partial charge on any atom is 0.264 e. The van der Waals surface area contributed by atoms with Crippen LogP contribution in [0.3, 0.4) is 0 Å². The molecule has 3 rings (SSSR count). The molecule has 2 heterocycles. The molecule has 0 aromatic heterocycles. The molecule has 4 amide bonds. The minimum Gasteiger partial charge on any atom is -0.380 e. The Kier molecular flexibility index (Phi) is 3.89. The number of likely N-dealkylation sites (N-methyl/N-ethyl adjacent to an activating group) is 1. The Balaban J connectivity index is 1.99. The van der Waals surface area contributed by atoms with Gasteiger partial charge in [-0.1, -0.05) is 6.07 Å². The monoisotopic (exact) mass is 343 g/mol. The summed E-state index contributed by atoms with van der Waals surface area (Å²) in [5.74, 6) is -1.80. The van der Waals surface area contributed by atoms with E-state index in [-0.39, 0.29) is 35.4 Å². The van der Waals surface area contributed by atoms with Crippen molar-refractivity contribution in [3.05, 3.63) is 29.3 Å². The quantitative estimate of drug-likeness (QED) is 0.825. The standard InChI is InChI=1S/C18H21N3O4/c1-18(2,3)19-11-7-5-6-10-14(11)17(25)21(15(10)23)12-8-9-13(22)20(4)16(12)24/h5-7,12,19H,8-9H2,1-4H3. The van der Waals surface area contributed by atoms with Gasteiger partial charge in [-0.2, -0.15) is 0 Å². The zero-order valence-electron chi connectivity index (χ0n) is 14.8. The number of imide groups is 2. The fourth-order valence-electron chi connectivity index (χ4n) is 3.23. The normalized spacial score (nSPS) is 21.0. The Morgan fingerprint density at radius 2 is 1.76 bits per heavy atom. The van der Waals surface area contributed by atoms with Gasteiger partial charge in [-0.15, -0.1) is 0 Å². The number of likely N-dealkylation sites (tertiary alicyclic amines) is 1. The first-order valence-electron chi connectivity index (χ1n) is 8.21. The third-order valence-corrected chi connectivity index (χ3v) is 4.39. The molecule has 1 atom stereocenters. The van der Waals surface area contributed by atoms with Crippen LogP contribution in [-0.4, -0.2) is 52.1 Å². The van der Waals surface area contributed by atoms with Crippen LogP contribution in [0.25, 0.3) is 0 Å². The zero-order chi connectivity index (χ0) is 18.5. The van der Waals surface area contributed by atoms with Gasteiger partial charge in [0.1, 0.15) is 6.04 Å². The molecule has 25 heavy (non-hydrogen) atoms. The second kappa shape index (κ2) is 5.68. The van der Waals surface area contributed by atoms with Crippen molar-refractivity contribution in [2.24, 2.45) is 0 Å². The summed E-state index contributed by atoms with van der Waals surface area (Å²) in [5.41, 5.74) is 0.846. The molecule has 1 aromatic carbocycles. The predicted octanol–water partition coefficient (Wildman–Crippen LogP) is 1.64. The van der Waals surface area contributed by atoms with Crippen molar-refractivity contribution < 1.29 is 19.2 Å². The van der Waals surface area contributed by atoms with E-state index in [2.05, 4.69) is 5.32 Å². The third kappa shape index (κ3) is 2.79. The average molecular weight is 343 g/mol. The van der Waals surface area contributed by atoms with Gasteiger partial charge in [0.2, 0.25) is 5.91 Å². The first kappa shape index (κ1) is 17.1. The first-order chi connectivity index (χ1) is 11.6. The Labute approximate surface area is 146 Å². The molecule has 0 saturated carbocycles. The largest absolute Gasteiger partial charge is 0.380 e. The molecule has 0 bridgehead atoms. The summed E-state index contributed by atoms with van der Waals surface area (Å²) >= 11 is 0. The fraction of sp³-hybridized carbons (Fsp3) is 0.444. The van der Waals surface area contributed by atoms with Gasteiger partial charge in [-0.25, -0.2) is 0 Å². The first-order valence-corrected chi connectivity index (χ1v) is 8.21. The molecule has 7 nitrogen and oxygen atoms in total. The lowest BCUT2D eigenvalue weighted by atomic mass is 10.0. The molecular formula is C18H21N3O4. The zero-order valence-corrected chi connectivity index (χ0v) is 14.8. The van der Waals surface area contributed by atoms with E-state index < -0.39 is 23.8 Å². The Morgan fingerprint density at radius 1 is 1.08 bits per heavy atom. The lowest BCUT2D eigenvalue weighted by Crippen LogP contribution is -2.54. The highest BCUT2D eigenvalue weighted by Gasteiger charge is 2.47. The summed E-state index contributed by atoms with van der Waals surface area (Å²) in [6.45, 7) is 5.87. The second-order valence-corrected chi connectivity index (χ2v) is 7.43. The van der Waals surface area contributed by atoms with Crippen LogP contribution in [0.15, 0.2) is 18.2 Å². The summed E-state index contributed by atoms with van der Waals surface area (Å²) in [6, 6.07) is 4.11. The molecule has 0 spiro atoms. The molecule has 1 N–H and O–H groups in total. The number of fused-ring (bicyclic) bond motifs is 1. The summed E-state index contributed by atoms with van der Waals surface area (Å²) in [4.78, 5) is 51.8. The highest BCUT2D eigenvalue weighted by molar-refractivity contribution is 6.25. The van der Waals surface area contributed by atoms with Crippen LogP contribution in [-0.2, 0) is 9.59 Å². The highest BCUT2D eigenvalue weighted by atomic mass is 16.2. The number of nitrogens with one attached hydrogen (secondary N) is 1. The lowest BCUT2D eigenvalue weighted by molar-refractivity contribution is -0.149. The van der Waals surface area contributed by atoms with Crippen LogP contribution in [0.2, 0.25) is 0 Å². The smallest absolute Gasteiger partial charge is 0.264 e. The number of benzene rings is 1. The van der Waals surface area contributed by atoms with Gasteiger partial charge < -0.3 is 5.32 Å². The molecule has 1 saturated heterocycles. The maximum atomic E-state index is 13.0. The van der Waals surface area contributed by atoms with E-state index in [1.165, 1.54) is 7.05 Å². The number of carbonyl (C=O) groups is 4. The van der Waals surface area contributed by atoms with Gasteiger partial charge in [-0.3, -0.25) is 29.0 Å². The van der Waals surface area contributed by atoms with Crippen LogP contribution >= 0.6 is 0 Å².